The van der Waals surface area contributed by atoms with E-state index in [2.05, 4.69) is 10.6 Å². The molecule has 4 heteroatoms. The predicted molar refractivity (Wildman–Crippen MR) is 68.9 cm³/mol. The molecule has 0 bridgehead atoms. The third kappa shape index (κ3) is 4.28. The lowest BCUT2D eigenvalue weighted by Crippen LogP contribution is -2.35. The molecule has 0 aromatic heterocycles. The molecule has 0 aromatic carbocycles. The van der Waals surface area contributed by atoms with E-state index < -0.39 is 0 Å². The van der Waals surface area contributed by atoms with Crippen LogP contribution in [0.5, 0.6) is 0 Å². The smallest absolute Gasteiger partial charge is 0.222 e. The quantitative estimate of drug-likeness (QED) is 0.757. The lowest BCUT2D eigenvalue weighted by Gasteiger charge is -2.24. The molecule has 17 heavy (non-hydrogen) atoms. The Morgan fingerprint density at radius 1 is 1.12 bits per heavy atom. The van der Waals surface area contributed by atoms with Crippen LogP contribution in [-0.2, 0) is 4.79 Å². The van der Waals surface area contributed by atoms with Crippen molar-refractivity contribution >= 4 is 5.91 Å². The Labute approximate surface area is 104 Å². The molecule has 2 rings (SSSR count). The zero-order valence-corrected chi connectivity index (χ0v) is 10.7. The van der Waals surface area contributed by atoms with Gasteiger partial charge in [0.2, 0.25) is 5.91 Å². The minimum absolute atomic E-state index is 0.360. The summed E-state index contributed by atoms with van der Waals surface area (Å²) in [4.78, 5) is 14.1. The number of carbonyl (C=O) groups excluding carboxylic acids is 1. The molecule has 1 unspecified atom stereocenters. The van der Waals surface area contributed by atoms with Gasteiger partial charge in [0.1, 0.15) is 0 Å². The van der Waals surface area contributed by atoms with Crippen molar-refractivity contribution in [2.45, 2.75) is 32.1 Å². The lowest BCUT2D eigenvalue weighted by atomic mass is 9.94. The maximum Gasteiger partial charge on any atom is 0.222 e. The summed E-state index contributed by atoms with van der Waals surface area (Å²) in [6.45, 7) is 6.10. The Morgan fingerprint density at radius 3 is 2.82 bits per heavy atom. The van der Waals surface area contributed by atoms with Gasteiger partial charge in [-0.1, -0.05) is 0 Å². The first kappa shape index (κ1) is 12.8. The molecule has 4 nitrogen and oxygen atoms in total. The van der Waals surface area contributed by atoms with Gasteiger partial charge in [-0.2, -0.15) is 0 Å². The van der Waals surface area contributed by atoms with E-state index in [0.29, 0.717) is 5.91 Å². The van der Waals surface area contributed by atoms with Crippen molar-refractivity contribution in [2.24, 2.45) is 5.92 Å². The van der Waals surface area contributed by atoms with E-state index >= 15 is 0 Å². The number of rotatable bonds is 3. The van der Waals surface area contributed by atoms with Crippen LogP contribution in [0.3, 0.4) is 0 Å². The van der Waals surface area contributed by atoms with Gasteiger partial charge in [0.15, 0.2) is 0 Å². The molecule has 0 aromatic rings. The van der Waals surface area contributed by atoms with Crippen LogP contribution in [0.1, 0.15) is 32.1 Å². The average molecular weight is 239 g/mol. The summed E-state index contributed by atoms with van der Waals surface area (Å²) in [6.07, 6.45) is 5.47. The van der Waals surface area contributed by atoms with E-state index in [9.17, 15) is 4.79 Å². The van der Waals surface area contributed by atoms with Gasteiger partial charge >= 0.3 is 0 Å². The van der Waals surface area contributed by atoms with E-state index in [1.54, 1.807) is 0 Å². The second kappa shape index (κ2) is 6.97. The van der Waals surface area contributed by atoms with Gasteiger partial charge in [-0.3, -0.25) is 4.79 Å². The lowest BCUT2D eigenvalue weighted by molar-refractivity contribution is -0.131. The highest BCUT2D eigenvalue weighted by Gasteiger charge is 2.18. The van der Waals surface area contributed by atoms with Crippen molar-refractivity contribution in [3.8, 4) is 0 Å². The van der Waals surface area contributed by atoms with Gasteiger partial charge in [0.25, 0.3) is 0 Å². The van der Waals surface area contributed by atoms with Gasteiger partial charge in [0.05, 0.1) is 0 Å². The largest absolute Gasteiger partial charge is 0.341 e. The Balaban J connectivity index is 1.68. The second-order valence-corrected chi connectivity index (χ2v) is 5.24. The van der Waals surface area contributed by atoms with E-state index in [1.165, 1.54) is 12.8 Å². The first-order chi connectivity index (χ1) is 8.36. The molecular weight excluding hydrogens is 214 g/mol. The third-order valence-corrected chi connectivity index (χ3v) is 3.86. The standard InChI is InChI=1S/C13H25N3O/c17-13(16-9-2-7-14-8-10-16)5-4-12-3-1-6-15-11-12/h12,14-15H,1-11H2. The average Bonchev–Trinajstić information content (AvgIpc) is 2.66. The molecule has 98 valence electrons. The molecule has 0 saturated carbocycles. The second-order valence-electron chi connectivity index (χ2n) is 5.24. The van der Waals surface area contributed by atoms with Gasteiger partial charge in [0, 0.05) is 26.1 Å². The Morgan fingerprint density at radius 2 is 2.00 bits per heavy atom. The van der Waals surface area contributed by atoms with Crippen LogP contribution in [-0.4, -0.2) is 50.1 Å². The summed E-state index contributed by atoms with van der Waals surface area (Å²) in [5, 5.41) is 6.75. The molecule has 1 amide bonds. The van der Waals surface area contributed by atoms with E-state index in [1.807, 2.05) is 4.90 Å². The molecule has 0 aliphatic carbocycles. The summed E-state index contributed by atoms with van der Waals surface area (Å²) in [6, 6.07) is 0. The van der Waals surface area contributed by atoms with Crippen LogP contribution in [0.2, 0.25) is 0 Å². The van der Waals surface area contributed by atoms with Gasteiger partial charge < -0.3 is 15.5 Å². The molecule has 2 aliphatic heterocycles. The normalized spacial score (nSPS) is 26.6. The highest BCUT2D eigenvalue weighted by molar-refractivity contribution is 5.76. The number of carbonyl (C=O) groups is 1. The van der Waals surface area contributed by atoms with E-state index in [0.717, 1.165) is 64.4 Å². The third-order valence-electron chi connectivity index (χ3n) is 3.86. The molecule has 0 radical (unpaired) electrons. The number of hydrogen-bond donors (Lipinski definition) is 2. The zero-order valence-electron chi connectivity index (χ0n) is 10.7. The fourth-order valence-corrected chi connectivity index (χ4v) is 2.75. The van der Waals surface area contributed by atoms with Crippen molar-refractivity contribution in [1.82, 2.24) is 15.5 Å². The van der Waals surface area contributed by atoms with Crippen molar-refractivity contribution in [2.75, 3.05) is 39.3 Å². The van der Waals surface area contributed by atoms with E-state index in [-0.39, 0.29) is 0 Å². The fraction of sp³-hybridized carbons (Fsp3) is 0.923. The van der Waals surface area contributed by atoms with Crippen LogP contribution in [0.25, 0.3) is 0 Å². The molecule has 2 fully saturated rings. The highest BCUT2D eigenvalue weighted by Crippen LogP contribution is 2.16. The van der Waals surface area contributed by atoms with Crippen LogP contribution in [0, 0.1) is 5.92 Å². The fourth-order valence-electron chi connectivity index (χ4n) is 2.75. The summed E-state index contributed by atoms with van der Waals surface area (Å²) in [5.41, 5.74) is 0. The Bertz CT molecular complexity index is 231. The van der Waals surface area contributed by atoms with Crippen molar-refractivity contribution in [1.29, 1.82) is 0 Å². The van der Waals surface area contributed by atoms with Crippen LogP contribution in [0.15, 0.2) is 0 Å². The Hall–Kier alpha value is -0.610. The van der Waals surface area contributed by atoms with Crippen molar-refractivity contribution in [3.63, 3.8) is 0 Å². The number of nitrogens with one attached hydrogen (secondary N) is 2. The summed E-state index contributed by atoms with van der Waals surface area (Å²) in [5.74, 6) is 1.08. The Kier molecular flexibility index (Phi) is 5.26. The highest BCUT2D eigenvalue weighted by atomic mass is 16.2. The summed E-state index contributed by atoms with van der Waals surface area (Å²) in [7, 11) is 0. The molecule has 2 heterocycles. The number of hydrogen-bond acceptors (Lipinski definition) is 3. The first-order valence-corrected chi connectivity index (χ1v) is 7.05. The minimum Gasteiger partial charge on any atom is -0.341 e. The van der Waals surface area contributed by atoms with Crippen LogP contribution in [0.4, 0.5) is 0 Å². The topological polar surface area (TPSA) is 44.4 Å². The maximum absolute atomic E-state index is 12.1. The molecule has 1 atom stereocenters. The number of piperidine rings is 1. The van der Waals surface area contributed by atoms with Gasteiger partial charge in [-0.05, 0) is 51.2 Å². The predicted octanol–water partition coefficient (Wildman–Crippen LogP) is 0.588. The van der Waals surface area contributed by atoms with Crippen molar-refractivity contribution in [3.05, 3.63) is 0 Å². The maximum atomic E-state index is 12.1. The van der Waals surface area contributed by atoms with Gasteiger partial charge in [-0.25, -0.2) is 0 Å². The van der Waals surface area contributed by atoms with Crippen molar-refractivity contribution < 1.29 is 4.79 Å². The number of amides is 1. The molecule has 2 aliphatic rings. The molecule has 2 N–H and O–H groups in total. The van der Waals surface area contributed by atoms with Gasteiger partial charge in [-0.15, -0.1) is 0 Å². The summed E-state index contributed by atoms with van der Waals surface area (Å²) < 4.78 is 0. The van der Waals surface area contributed by atoms with Crippen LogP contribution >= 0.6 is 0 Å². The van der Waals surface area contributed by atoms with E-state index in [4.69, 9.17) is 0 Å². The summed E-state index contributed by atoms with van der Waals surface area (Å²) >= 11 is 0. The zero-order chi connectivity index (χ0) is 11.9. The molecule has 0 spiro atoms. The number of nitrogens with zero attached hydrogens (tertiary/aromatic N) is 1. The molecular formula is C13H25N3O. The molecule has 2 saturated heterocycles. The SMILES string of the molecule is O=C(CCC1CCCNC1)N1CCCNCC1. The minimum atomic E-state index is 0.360. The van der Waals surface area contributed by atoms with Crippen LogP contribution < -0.4 is 10.6 Å². The first-order valence-electron chi connectivity index (χ1n) is 7.05. The monoisotopic (exact) mass is 239 g/mol.